The number of esters is 1. The average Bonchev–Trinajstić information content (AvgIpc) is 3.25. The lowest BCUT2D eigenvalue weighted by Gasteiger charge is -2.20. The van der Waals surface area contributed by atoms with Gasteiger partial charge in [-0.2, -0.15) is 0 Å². The fourth-order valence-electron chi connectivity index (χ4n) is 4.36. The number of rotatable bonds is 7. The summed E-state index contributed by atoms with van der Waals surface area (Å²) in [4.78, 5) is 35.8. The molecule has 27 heavy (non-hydrogen) atoms. The lowest BCUT2D eigenvalue weighted by molar-refractivity contribution is -0.149. The first kappa shape index (κ1) is 19.4. The summed E-state index contributed by atoms with van der Waals surface area (Å²) >= 11 is 0. The smallest absolute Gasteiger partial charge is 0.306 e. The molecule has 2 amide bonds. The molecule has 3 rings (SSSR count). The molecule has 0 aliphatic heterocycles. The van der Waals surface area contributed by atoms with Crippen LogP contribution in [0.3, 0.4) is 0 Å². The van der Waals surface area contributed by atoms with Gasteiger partial charge in [-0.05, 0) is 68.1 Å². The molecule has 0 heterocycles. The number of nitrogens with one attached hydrogen (secondary N) is 2. The minimum atomic E-state index is -0.465. The molecule has 2 N–H and O–H groups in total. The van der Waals surface area contributed by atoms with E-state index in [4.69, 9.17) is 4.74 Å². The van der Waals surface area contributed by atoms with Gasteiger partial charge in [0.25, 0.3) is 5.91 Å². The summed E-state index contributed by atoms with van der Waals surface area (Å²) < 4.78 is 5.08. The van der Waals surface area contributed by atoms with Crippen LogP contribution in [0, 0.1) is 31.6 Å². The Morgan fingerprint density at radius 3 is 2.63 bits per heavy atom. The molecule has 2 aliphatic carbocycles. The number of ether oxygens (including phenoxy) is 1. The van der Waals surface area contributed by atoms with E-state index < -0.39 is 5.91 Å². The third-order valence-electron chi connectivity index (χ3n) is 6.00. The Hall–Kier alpha value is -2.37. The van der Waals surface area contributed by atoms with Gasteiger partial charge < -0.3 is 15.4 Å². The van der Waals surface area contributed by atoms with Gasteiger partial charge >= 0.3 is 5.97 Å². The Bertz CT molecular complexity index is 731. The molecule has 1 aromatic rings. The van der Waals surface area contributed by atoms with E-state index in [9.17, 15) is 14.4 Å². The quantitative estimate of drug-likeness (QED) is 0.721. The van der Waals surface area contributed by atoms with Crippen LogP contribution in [0.1, 0.15) is 43.2 Å². The highest BCUT2D eigenvalue weighted by Gasteiger charge is 2.40. The first-order valence-corrected chi connectivity index (χ1v) is 9.70. The number of hydrogen-bond acceptors (Lipinski definition) is 4. The third kappa shape index (κ3) is 5.08. The molecule has 0 radical (unpaired) electrons. The SMILES string of the molecule is Cc1cccc(NC(=O)CNC(=O)COC(=O)C[C@H]2C[C@@H]3CC[C@@H]2C3)c1C. The van der Waals surface area contributed by atoms with Crippen LogP contribution >= 0.6 is 0 Å². The van der Waals surface area contributed by atoms with E-state index in [1.54, 1.807) is 0 Å². The fourth-order valence-corrected chi connectivity index (χ4v) is 4.36. The molecule has 3 atom stereocenters. The largest absolute Gasteiger partial charge is 0.456 e. The number of benzene rings is 1. The minimum absolute atomic E-state index is 0.157. The molecular formula is C21H28N2O4. The van der Waals surface area contributed by atoms with E-state index in [0.717, 1.165) is 29.2 Å². The van der Waals surface area contributed by atoms with Gasteiger partial charge in [0.05, 0.1) is 6.54 Å². The van der Waals surface area contributed by atoms with Crippen molar-refractivity contribution in [3.63, 3.8) is 0 Å². The molecule has 2 fully saturated rings. The Morgan fingerprint density at radius 1 is 1.11 bits per heavy atom. The summed E-state index contributed by atoms with van der Waals surface area (Å²) in [6.45, 7) is 3.41. The van der Waals surface area contributed by atoms with Gasteiger partial charge in [-0.15, -0.1) is 0 Å². The topological polar surface area (TPSA) is 84.5 Å². The minimum Gasteiger partial charge on any atom is -0.456 e. The number of fused-ring (bicyclic) bond motifs is 2. The van der Waals surface area contributed by atoms with E-state index in [1.165, 1.54) is 19.3 Å². The van der Waals surface area contributed by atoms with Crippen molar-refractivity contribution < 1.29 is 19.1 Å². The summed E-state index contributed by atoms with van der Waals surface area (Å²) in [5, 5.41) is 5.26. The highest BCUT2D eigenvalue weighted by molar-refractivity contribution is 5.95. The summed E-state index contributed by atoms with van der Waals surface area (Å²) in [5.74, 6) is 0.764. The molecule has 0 aromatic heterocycles. The number of hydrogen-bond donors (Lipinski definition) is 2. The molecule has 2 aliphatic rings. The van der Waals surface area contributed by atoms with Crippen LogP contribution in [0.4, 0.5) is 5.69 Å². The third-order valence-corrected chi connectivity index (χ3v) is 6.00. The molecule has 0 unspecified atom stereocenters. The monoisotopic (exact) mass is 372 g/mol. The number of amides is 2. The summed E-state index contributed by atoms with van der Waals surface area (Å²) in [6.07, 6.45) is 5.28. The molecule has 6 heteroatoms. The van der Waals surface area contributed by atoms with E-state index in [0.29, 0.717) is 18.3 Å². The van der Waals surface area contributed by atoms with E-state index in [2.05, 4.69) is 10.6 Å². The standard InChI is InChI=1S/C21H28N2O4/c1-13-4-3-5-18(14(13)2)23-19(24)11-22-20(25)12-27-21(26)10-17-9-15-6-7-16(17)8-15/h3-5,15-17H,6-12H2,1-2H3,(H,22,25)(H,23,24)/t15-,16-,17-/m1/s1. The fraction of sp³-hybridized carbons (Fsp3) is 0.571. The molecule has 6 nitrogen and oxygen atoms in total. The van der Waals surface area contributed by atoms with Crippen molar-refractivity contribution in [2.24, 2.45) is 17.8 Å². The summed E-state index contributed by atoms with van der Waals surface area (Å²) in [5.41, 5.74) is 2.80. The first-order chi connectivity index (χ1) is 12.9. The molecular weight excluding hydrogens is 344 g/mol. The predicted molar refractivity (Wildman–Crippen MR) is 102 cm³/mol. The van der Waals surface area contributed by atoms with Crippen molar-refractivity contribution >= 4 is 23.5 Å². The van der Waals surface area contributed by atoms with E-state index >= 15 is 0 Å². The van der Waals surface area contributed by atoms with Crippen molar-refractivity contribution in [3.05, 3.63) is 29.3 Å². The Morgan fingerprint density at radius 2 is 1.93 bits per heavy atom. The number of carbonyl (C=O) groups is 3. The van der Waals surface area contributed by atoms with Gasteiger partial charge in [0.2, 0.25) is 5.91 Å². The molecule has 1 aromatic carbocycles. The van der Waals surface area contributed by atoms with Crippen LogP contribution < -0.4 is 10.6 Å². The maximum absolute atomic E-state index is 12.0. The Balaban J connectivity index is 1.33. The van der Waals surface area contributed by atoms with E-state index in [1.807, 2.05) is 32.0 Å². The number of carbonyl (C=O) groups excluding carboxylic acids is 3. The zero-order valence-electron chi connectivity index (χ0n) is 16.0. The Labute approximate surface area is 160 Å². The predicted octanol–water partition coefficient (Wildman–Crippen LogP) is 2.73. The zero-order valence-corrected chi connectivity index (χ0v) is 16.0. The Kier molecular flexibility index (Phi) is 6.14. The van der Waals surface area contributed by atoms with Crippen molar-refractivity contribution in [2.45, 2.75) is 46.0 Å². The van der Waals surface area contributed by atoms with Gasteiger partial charge in [-0.25, -0.2) is 0 Å². The lowest BCUT2D eigenvalue weighted by Crippen LogP contribution is -2.35. The lowest BCUT2D eigenvalue weighted by atomic mass is 9.86. The van der Waals surface area contributed by atoms with Gasteiger partial charge in [0, 0.05) is 12.1 Å². The number of anilines is 1. The van der Waals surface area contributed by atoms with Crippen LogP contribution in [0.25, 0.3) is 0 Å². The maximum Gasteiger partial charge on any atom is 0.306 e. The van der Waals surface area contributed by atoms with Crippen LogP contribution in [-0.2, 0) is 19.1 Å². The van der Waals surface area contributed by atoms with Gasteiger partial charge in [0.1, 0.15) is 0 Å². The second-order valence-electron chi connectivity index (χ2n) is 7.87. The molecule has 0 spiro atoms. The number of aryl methyl sites for hydroxylation is 1. The highest BCUT2D eigenvalue weighted by atomic mass is 16.5. The zero-order chi connectivity index (χ0) is 19.4. The van der Waals surface area contributed by atoms with Gasteiger partial charge in [-0.1, -0.05) is 18.6 Å². The second-order valence-corrected chi connectivity index (χ2v) is 7.87. The maximum atomic E-state index is 12.0. The summed E-state index contributed by atoms with van der Waals surface area (Å²) in [7, 11) is 0. The molecule has 2 saturated carbocycles. The van der Waals surface area contributed by atoms with Crippen molar-refractivity contribution in [1.82, 2.24) is 5.32 Å². The van der Waals surface area contributed by atoms with Crippen molar-refractivity contribution in [1.29, 1.82) is 0 Å². The summed E-state index contributed by atoms with van der Waals surface area (Å²) in [6, 6.07) is 5.66. The van der Waals surface area contributed by atoms with E-state index in [-0.39, 0.29) is 25.0 Å². The van der Waals surface area contributed by atoms with Crippen LogP contribution in [0.2, 0.25) is 0 Å². The van der Waals surface area contributed by atoms with Crippen LogP contribution in [0.15, 0.2) is 18.2 Å². The van der Waals surface area contributed by atoms with Crippen molar-refractivity contribution in [2.75, 3.05) is 18.5 Å². The first-order valence-electron chi connectivity index (χ1n) is 9.70. The normalized spacial score (nSPS) is 23.1. The molecule has 2 bridgehead atoms. The molecule has 0 saturated heterocycles. The van der Waals surface area contributed by atoms with Gasteiger partial charge in [-0.3, -0.25) is 14.4 Å². The average molecular weight is 372 g/mol. The molecule has 146 valence electrons. The van der Waals surface area contributed by atoms with Crippen LogP contribution in [-0.4, -0.2) is 30.9 Å². The highest BCUT2D eigenvalue weighted by Crippen LogP contribution is 2.49. The van der Waals surface area contributed by atoms with Crippen molar-refractivity contribution in [3.8, 4) is 0 Å². The second kappa shape index (κ2) is 8.55. The van der Waals surface area contributed by atoms with Gasteiger partial charge in [0.15, 0.2) is 6.61 Å². The van der Waals surface area contributed by atoms with Crippen LogP contribution in [0.5, 0.6) is 0 Å².